The number of para-hydroxylation sites is 1. The van der Waals surface area contributed by atoms with Gasteiger partial charge in [-0.15, -0.1) is 10.2 Å². The lowest BCUT2D eigenvalue weighted by Crippen LogP contribution is -2.29. The number of amides is 1. The van der Waals surface area contributed by atoms with Crippen molar-refractivity contribution < 1.29 is 13.9 Å². The summed E-state index contributed by atoms with van der Waals surface area (Å²) in [6.45, 7) is 3.22. The SMILES string of the molecule is CC(C)(OC(N)=O)c1nnc([C@@H](N)Cc2c[nH]c3ccccc23)o1. The fraction of sp³-hybridized carbons (Fsp3) is 0.312. The molecule has 1 aromatic carbocycles. The van der Waals surface area contributed by atoms with Gasteiger partial charge in [-0.3, -0.25) is 0 Å². The van der Waals surface area contributed by atoms with Crippen LogP contribution in [0.25, 0.3) is 10.9 Å². The molecule has 0 aliphatic heterocycles. The number of aromatic amines is 1. The number of benzene rings is 1. The molecule has 0 aliphatic rings. The first-order valence-corrected chi connectivity index (χ1v) is 7.50. The van der Waals surface area contributed by atoms with Gasteiger partial charge in [-0.25, -0.2) is 4.79 Å². The number of aromatic nitrogens is 3. The van der Waals surface area contributed by atoms with E-state index in [9.17, 15) is 4.79 Å². The summed E-state index contributed by atoms with van der Waals surface area (Å²) in [5.74, 6) is 0.419. The minimum Gasteiger partial charge on any atom is -0.434 e. The summed E-state index contributed by atoms with van der Waals surface area (Å²) in [6, 6.07) is 7.48. The number of hydrogen-bond acceptors (Lipinski definition) is 6. The Balaban J connectivity index is 1.79. The molecule has 2 aromatic heterocycles. The van der Waals surface area contributed by atoms with E-state index < -0.39 is 17.7 Å². The van der Waals surface area contributed by atoms with E-state index in [1.807, 2.05) is 30.5 Å². The maximum absolute atomic E-state index is 10.9. The Kier molecular flexibility index (Phi) is 3.98. The number of ether oxygens (including phenoxy) is 1. The molecule has 8 nitrogen and oxygen atoms in total. The van der Waals surface area contributed by atoms with Crippen molar-refractivity contribution in [3.05, 3.63) is 47.8 Å². The molecule has 3 rings (SSSR count). The minimum absolute atomic E-state index is 0.144. The molecule has 3 aromatic rings. The van der Waals surface area contributed by atoms with Crippen LogP contribution in [-0.4, -0.2) is 21.3 Å². The summed E-state index contributed by atoms with van der Waals surface area (Å²) < 4.78 is 10.6. The van der Waals surface area contributed by atoms with Gasteiger partial charge in [-0.05, 0) is 31.9 Å². The highest BCUT2D eigenvalue weighted by Gasteiger charge is 2.32. The molecule has 2 heterocycles. The number of H-pyrrole nitrogens is 1. The van der Waals surface area contributed by atoms with Crippen LogP contribution in [0, 0.1) is 0 Å². The number of nitrogens with two attached hydrogens (primary N) is 2. The van der Waals surface area contributed by atoms with Gasteiger partial charge in [0.1, 0.15) is 0 Å². The lowest BCUT2D eigenvalue weighted by atomic mass is 10.1. The third-order valence-electron chi connectivity index (χ3n) is 3.74. The Bertz CT molecular complexity index is 867. The van der Waals surface area contributed by atoms with Crippen LogP contribution in [-0.2, 0) is 16.8 Å². The molecule has 0 bridgehead atoms. The van der Waals surface area contributed by atoms with Gasteiger partial charge in [0.05, 0.1) is 6.04 Å². The Morgan fingerprint density at radius 2 is 2.12 bits per heavy atom. The molecule has 24 heavy (non-hydrogen) atoms. The van der Waals surface area contributed by atoms with Crippen LogP contribution in [0.3, 0.4) is 0 Å². The van der Waals surface area contributed by atoms with Gasteiger partial charge in [0.15, 0.2) is 5.60 Å². The molecule has 0 spiro atoms. The average Bonchev–Trinajstić information content (AvgIpc) is 3.14. The molecule has 0 unspecified atom stereocenters. The maximum atomic E-state index is 10.9. The van der Waals surface area contributed by atoms with Crippen molar-refractivity contribution in [2.75, 3.05) is 0 Å². The fourth-order valence-corrected chi connectivity index (χ4v) is 2.55. The second-order valence-corrected chi connectivity index (χ2v) is 6.05. The van der Waals surface area contributed by atoms with Crippen molar-refractivity contribution in [1.82, 2.24) is 15.2 Å². The van der Waals surface area contributed by atoms with E-state index in [-0.39, 0.29) is 11.8 Å². The number of nitrogens with zero attached hydrogens (tertiary/aromatic N) is 2. The molecule has 0 fully saturated rings. The first kappa shape index (κ1) is 16.0. The molecule has 5 N–H and O–H groups in total. The smallest absolute Gasteiger partial charge is 0.405 e. The quantitative estimate of drug-likeness (QED) is 0.656. The number of fused-ring (bicyclic) bond motifs is 1. The number of hydrogen-bond donors (Lipinski definition) is 3. The Morgan fingerprint density at radius 1 is 1.38 bits per heavy atom. The highest BCUT2D eigenvalue weighted by Crippen LogP contribution is 2.27. The lowest BCUT2D eigenvalue weighted by Gasteiger charge is -2.19. The van der Waals surface area contributed by atoms with E-state index >= 15 is 0 Å². The highest BCUT2D eigenvalue weighted by molar-refractivity contribution is 5.83. The first-order valence-electron chi connectivity index (χ1n) is 7.50. The summed E-state index contributed by atoms with van der Waals surface area (Å²) in [5.41, 5.74) is 12.2. The van der Waals surface area contributed by atoms with Crippen LogP contribution in [0.15, 0.2) is 34.9 Å². The van der Waals surface area contributed by atoms with Crippen molar-refractivity contribution in [3.63, 3.8) is 0 Å². The summed E-state index contributed by atoms with van der Waals surface area (Å²) >= 11 is 0. The van der Waals surface area contributed by atoms with Crippen LogP contribution < -0.4 is 11.5 Å². The van der Waals surface area contributed by atoms with Gasteiger partial charge in [-0.1, -0.05) is 18.2 Å². The van der Waals surface area contributed by atoms with Crippen molar-refractivity contribution in [3.8, 4) is 0 Å². The number of primary amides is 1. The van der Waals surface area contributed by atoms with Gasteiger partial charge in [-0.2, -0.15) is 0 Å². The van der Waals surface area contributed by atoms with E-state index in [4.69, 9.17) is 20.6 Å². The zero-order valence-electron chi connectivity index (χ0n) is 13.4. The third kappa shape index (κ3) is 3.09. The predicted molar refractivity (Wildman–Crippen MR) is 86.9 cm³/mol. The highest BCUT2D eigenvalue weighted by atomic mass is 16.6. The van der Waals surface area contributed by atoms with E-state index in [2.05, 4.69) is 15.2 Å². The summed E-state index contributed by atoms with van der Waals surface area (Å²) in [4.78, 5) is 14.1. The van der Waals surface area contributed by atoms with E-state index in [1.54, 1.807) is 13.8 Å². The lowest BCUT2D eigenvalue weighted by molar-refractivity contribution is 0.0210. The second-order valence-electron chi connectivity index (χ2n) is 6.05. The number of nitrogens with one attached hydrogen (secondary N) is 1. The monoisotopic (exact) mass is 329 g/mol. The molecule has 0 radical (unpaired) electrons. The predicted octanol–water partition coefficient (Wildman–Crippen LogP) is 2.12. The van der Waals surface area contributed by atoms with Gasteiger partial charge in [0.25, 0.3) is 5.89 Å². The topological polar surface area (TPSA) is 133 Å². The summed E-state index contributed by atoms with van der Waals surface area (Å²) in [6.07, 6.45) is 1.54. The van der Waals surface area contributed by atoms with Crippen LogP contribution in [0.2, 0.25) is 0 Å². The van der Waals surface area contributed by atoms with Crippen molar-refractivity contribution in [1.29, 1.82) is 0 Å². The van der Waals surface area contributed by atoms with Crippen molar-refractivity contribution >= 4 is 17.0 Å². The third-order valence-corrected chi connectivity index (χ3v) is 3.74. The molecular formula is C16H19N5O3. The molecule has 126 valence electrons. The summed E-state index contributed by atoms with van der Waals surface area (Å²) in [5, 5.41) is 8.98. The van der Waals surface area contributed by atoms with Crippen LogP contribution in [0.5, 0.6) is 0 Å². The van der Waals surface area contributed by atoms with Crippen molar-refractivity contribution in [2.45, 2.75) is 31.9 Å². The van der Waals surface area contributed by atoms with E-state index in [0.29, 0.717) is 6.42 Å². The standard InChI is InChI=1S/C16H19N5O3/c1-16(2,24-15(18)22)14-21-20-13(23-14)11(17)7-9-8-19-12-6-4-3-5-10(9)12/h3-6,8,11,19H,7,17H2,1-2H3,(H2,18,22)/t11-/m0/s1. The molecule has 8 heteroatoms. The van der Waals surface area contributed by atoms with Gasteiger partial charge >= 0.3 is 6.09 Å². The average molecular weight is 329 g/mol. The molecule has 0 saturated carbocycles. The normalized spacial score (nSPS) is 13.1. The summed E-state index contributed by atoms with van der Waals surface area (Å²) in [7, 11) is 0. The minimum atomic E-state index is -1.11. The van der Waals surface area contributed by atoms with Gasteiger partial charge in [0, 0.05) is 17.1 Å². The van der Waals surface area contributed by atoms with Crippen LogP contribution in [0.4, 0.5) is 4.79 Å². The molecule has 0 aliphatic carbocycles. The first-order chi connectivity index (χ1) is 11.4. The molecule has 1 atom stereocenters. The number of carbonyl (C=O) groups excluding carboxylic acids is 1. The zero-order chi connectivity index (χ0) is 17.3. The Labute approximate surface area is 138 Å². The molecule has 1 amide bonds. The largest absolute Gasteiger partial charge is 0.434 e. The van der Waals surface area contributed by atoms with Crippen LogP contribution in [0.1, 0.15) is 37.2 Å². The van der Waals surface area contributed by atoms with Gasteiger partial charge < -0.3 is 25.6 Å². The fourth-order valence-electron chi connectivity index (χ4n) is 2.55. The van der Waals surface area contributed by atoms with Crippen molar-refractivity contribution in [2.24, 2.45) is 11.5 Å². The molecule has 0 saturated heterocycles. The maximum Gasteiger partial charge on any atom is 0.405 e. The Hall–Kier alpha value is -2.87. The zero-order valence-corrected chi connectivity index (χ0v) is 13.4. The number of rotatable bonds is 5. The Morgan fingerprint density at radius 3 is 2.88 bits per heavy atom. The van der Waals surface area contributed by atoms with E-state index in [1.165, 1.54) is 0 Å². The molecular weight excluding hydrogens is 310 g/mol. The van der Waals surface area contributed by atoms with Crippen LogP contribution >= 0.6 is 0 Å². The number of carbonyl (C=O) groups is 1. The second kappa shape index (κ2) is 5.97. The van der Waals surface area contributed by atoms with Gasteiger partial charge in [0.2, 0.25) is 5.89 Å². The van der Waals surface area contributed by atoms with E-state index in [0.717, 1.165) is 16.5 Å².